The van der Waals surface area contributed by atoms with E-state index in [1.165, 1.54) is 5.56 Å². The molecule has 0 bridgehead atoms. The molecule has 1 aliphatic heterocycles. The Morgan fingerprint density at radius 2 is 2.18 bits per heavy atom. The number of hydrogen-bond donors (Lipinski definition) is 2. The van der Waals surface area contributed by atoms with Crippen molar-refractivity contribution in [2.75, 3.05) is 19.6 Å². The van der Waals surface area contributed by atoms with E-state index in [4.69, 9.17) is 5.73 Å². The molecule has 0 aromatic heterocycles. The fraction of sp³-hybridized carbons (Fsp3) is 0.462. The quantitative estimate of drug-likeness (QED) is 0.803. The van der Waals surface area contributed by atoms with Crippen LogP contribution in [-0.4, -0.2) is 36.5 Å². The van der Waals surface area contributed by atoms with Crippen LogP contribution in [0.25, 0.3) is 0 Å². The molecular formula is C13H19N3O. The lowest BCUT2D eigenvalue weighted by atomic mass is 10.1. The Morgan fingerprint density at radius 3 is 2.76 bits per heavy atom. The first-order valence-electron chi connectivity index (χ1n) is 6.00. The molecule has 0 spiro atoms. The average molecular weight is 233 g/mol. The molecule has 1 aromatic carbocycles. The molecule has 3 N–H and O–H groups in total. The molecule has 92 valence electrons. The lowest BCUT2D eigenvalue weighted by Crippen LogP contribution is -2.49. The number of amides is 1. The number of nitrogens with zero attached hydrogens (tertiary/aromatic N) is 1. The number of benzene rings is 1. The molecule has 2 rings (SSSR count). The number of hydrogen-bond acceptors (Lipinski definition) is 3. The minimum atomic E-state index is -0.368. The van der Waals surface area contributed by atoms with Crippen LogP contribution in [0.5, 0.6) is 0 Å². The summed E-state index contributed by atoms with van der Waals surface area (Å²) in [4.78, 5) is 13.4. The van der Waals surface area contributed by atoms with Gasteiger partial charge in [0.15, 0.2) is 0 Å². The zero-order chi connectivity index (χ0) is 12.3. The van der Waals surface area contributed by atoms with E-state index >= 15 is 0 Å². The first kappa shape index (κ1) is 12.1. The van der Waals surface area contributed by atoms with E-state index in [1.807, 2.05) is 12.1 Å². The summed E-state index contributed by atoms with van der Waals surface area (Å²) in [5, 5.41) is 3.37. The van der Waals surface area contributed by atoms with Gasteiger partial charge >= 0.3 is 0 Å². The number of carbonyl (C=O) groups excluding carboxylic acids is 1. The van der Waals surface area contributed by atoms with Crippen LogP contribution >= 0.6 is 0 Å². The van der Waals surface area contributed by atoms with Crippen molar-refractivity contribution < 1.29 is 4.79 Å². The van der Waals surface area contributed by atoms with Crippen LogP contribution in [-0.2, 0) is 6.54 Å². The number of rotatable bonds is 3. The summed E-state index contributed by atoms with van der Waals surface area (Å²) in [6.07, 6.45) is 0. The van der Waals surface area contributed by atoms with Crippen molar-refractivity contribution >= 4 is 5.91 Å². The molecule has 0 unspecified atom stereocenters. The minimum Gasteiger partial charge on any atom is -0.366 e. The maximum Gasteiger partial charge on any atom is 0.248 e. The van der Waals surface area contributed by atoms with Gasteiger partial charge < -0.3 is 11.1 Å². The van der Waals surface area contributed by atoms with Crippen LogP contribution in [0.3, 0.4) is 0 Å². The molecule has 1 atom stereocenters. The Balaban J connectivity index is 2.00. The zero-order valence-corrected chi connectivity index (χ0v) is 10.1. The third kappa shape index (κ3) is 3.05. The molecule has 1 aromatic rings. The number of primary amides is 1. The molecule has 1 saturated heterocycles. The van der Waals surface area contributed by atoms with E-state index in [-0.39, 0.29) is 5.91 Å². The summed E-state index contributed by atoms with van der Waals surface area (Å²) in [5.41, 5.74) is 7.01. The summed E-state index contributed by atoms with van der Waals surface area (Å²) in [7, 11) is 0. The lowest BCUT2D eigenvalue weighted by Gasteiger charge is -2.33. The number of nitrogens with two attached hydrogens (primary N) is 1. The number of piperazine rings is 1. The Bertz CT molecular complexity index is 388. The second-order valence-electron chi connectivity index (χ2n) is 4.58. The lowest BCUT2D eigenvalue weighted by molar-refractivity contribution is 0.1000. The van der Waals surface area contributed by atoms with Gasteiger partial charge in [-0.15, -0.1) is 0 Å². The normalized spacial score (nSPS) is 21.4. The van der Waals surface area contributed by atoms with Gasteiger partial charge in [-0.2, -0.15) is 0 Å². The molecule has 4 heteroatoms. The summed E-state index contributed by atoms with van der Waals surface area (Å²) in [6.45, 7) is 6.31. The second kappa shape index (κ2) is 5.29. The molecule has 0 aliphatic carbocycles. The second-order valence-corrected chi connectivity index (χ2v) is 4.58. The molecule has 1 fully saturated rings. The maximum absolute atomic E-state index is 11.0. The highest BCUT2D eigenvalue weighted by Crippen LogP contribution is 2.11. The first-order chi connectivity index (χ1) is 8.16. The molecular weight excluding hydrogens is 214 g/mol. The molecule has 1 amide bonds. The largest absolute Gasteiger partial charge is 0.366 e. The summed E-state index contributed by atoms with van der Waals surface area (Å²) in [5.74, 6) is -0.368. The van der Waals surface area contributed by atoms with E-state index in [2.05, 4.69) is 17.1 Å². The molecule has 17 heavy (non-hydrogen) atoms. The van der Waals surface area contributed by atoms with Crippen LogP contribution in [0.15, 0.2) is 24.3 Å². The number of nitrogens with one attached hydrogen (secondary N) is 1. The van der Waals surface area contributed by atoms with Crippen molar-refractivity contribution in [3.8, 4) is 0 Å². The van der Waals surface area contributed by atoms with Crippen molar-refractivity contribution in [3.05, 3.63) is 35.4 Å². The van der Waals surface area contributed by atoms with Gasteiger partial charge in [0.1, 0.15) is 0 Å². The predicted octanol–water partition coefficient (Wildman–Crippen LogP) is 0.579. The van der Waals surface area contributed by atoms with Crippen molar-refractivity contribution in [2.24, 2.45) is 5.73 Å². The van der Waals surface area contributed by atoms with E-state index < -0.39 is 0 Å². The van der Waals surface area contributed by atoms with Gasteiger partial charge in [0, 0.05) is 37.8 Å². The van der Waals surface area contributed by atoms with Crippen molar-refractivity contribution in [1.82, 2.24) is 10.2 Å². The molecule has 0 saturated carbocycles. The fourth-order valence-electron chi connectivity index (χ4n) is 2.13. The zero-order valence-electron chi connectivity index (χ0n) is 10.1. The van der Waals surface area contributed by atoms with Crippen LogP contribution in [0, 0.1) is 0 Å². The molecule has 1 heterocycles. The molecule has 0 radical (unpaired) electrons. The predicted molar refractivity (Wildman–Crippen MR) is 67.7 cm³/mol. The highest BCUT2D eigenvalue weighted by Gasteiger charge is 2.17. The minimum absolute atomic E-state index is 0.368. The Labute approximate surface area is 102 Å². The Hall–Kier alpha value is -1.39. The van der Waals surface area contributed by atoms with E-state index in [0.717, 1.165) is 26.2 Å². The van der Waals surface area contributed by atoms with Crippen molar-refractivity contribution in [1.29, 1.82) is 0 Å². The highest BCUT2D eigenvalue weighted by molar-refractivity contribution is 5.92. The van der Waals surface area contributed by atoms with Gasteiger partial charge in [0.25, 0.3) is 0 Å². The topological polar surface area (TPSA) is 58.4 Å². The third-order valence-corrected chi connectivity index (χ3v) is 3.26. The molecule has 1 aliphatic rings. The molecule has 4 nitrogen and oxygen atoms in total. The third-order valence-electron chi connectivity index (χ3n) is 3.26. The average Bonchev–Trinajstić information content (AvgIpc) is 2.33. The fourth-order valence-corrected chi connectivity index (χ4v) is 2.13. The standard InChI is InChI=1S/C13H19N3O/c1-10-8-15-6-7-16(10)9-11-2-4-12(5-3-11)13(14)17/h2-5,10,15H,6-9H2,1H3,(H2,14,17)/t10-/m1/s1. The van der Waals surface area contributed by atoms with E-state index in [0.29, 0.717) is 11.6 Å². The van der Waals surface area contributed by atoms with Crippen molar-refractivity contribution in [2.45, 2.75) is 19.5 Å². The summed E-state index contributed by atoms with van der Waals surface area (Å²) in [6, 6.07) is 8.11. The summed E-state index contributed by atoms with van der Waals surface area (Å²) < 4.78 is 0. The van der Waals surface area contributed by atoms with Gasteiger partial charge in [-0.25, -0.2) is 0 Å². The van der Waals surface area contributed by atoms with Gasteiger partial charge in [-0.3, -0.25) is 9.69 Å². The Kier molecular flexibility index (Phi) is 3.76. The monoisotopic (exact) mass is 233 g/mol. The van der Waals surface area contributed by atoms with Gasteiger partial charge in [-0.05, 0) is 24.6 Å². The Morgan fingerprint density at radius 1 is 1.47 bits per heavy atom. The number of carbonyl (C=O) groups is 1. The highest BCUT2D eigenvalue weighted by atomic mass is 16.1. The van der Waals surface area contributed by atoms with Crippen LogP contribution in [0.2, 0.25) is 0 Å². The van der Waals surface area contributed by atoms with Gasteiger partial charge in [0.05, 0.1) is 0 Å². The van der Waals surface area contributed by atoms with Crippen LogP contribution in [0.1, 0.15) is 22.8 Å². The smallest absolute Gasteiger partial charge is 0.248 e. The van der Waals surface area contributed by atoms with Gasteiger partial charge in [-0.1, -0.05) is 12.1 Å². The van der Waals surface area contributed by atoms with Crippen LogP contribution < -0.4 is 11.1 Å². The van der Waals surface area contributed by atoms with E-state index in [9.17, 15) is 4.79 Å². The maximum atomic E-state index is 11.0. The first-order valence-corrected chi connectivity index (χ1v) is 6.00. The van der Waals surface area contributed by atoms with Crippen molar-refractivity contribution in [3.63, 3.8) is 0 Å². The van der Waals surface area contributed by atoms with E-state index in [1.54, 1.807) is 12.1 Å². The summed E-state index contributed by atoms with van der Waals surface area (Å²) >= 11 is 0. The van der Waals surface area contributed by atoms with Gasteiger partial charge in [0.2, 0.25) is 5.91 Å². The van der Waals surface area contributed by atoms with Crippen LogP contribution in [0.4, 0.5) is 0 Å². The SMILES string of the molecule is C[C@@H]1CNCCN1Cc1ccc(C(N)=O)cc1.